The van der Waals surface area contributed by atoms with Gasteiger partial charge in [0.1, 0.15) is 12.4 Å². The number of carbonyl (C=O) groups excluding carboxylic acids is 2. The second-order valence-corrected chi connectivity index (χ2v) is 8.79. The van der Waals surface area contributed by atoms with Crippen LogP contribution in [-0.4, -0.2) is 69.5 Å². The SMILES string of the molecule is CO[C@@H]1CN(C)C(=O)c2ccc(NC(=O)c3ccc4c(c3)OCO4)cc2OC[C@@H](C)NC[C@@H]1C. The maximum Gasteiger partial charge on any atom is 0.257 e. The van der Waals surface area contributed by atoms with E-state index < -0.39 is 0 Å². The molecule has 0 saturated heterocycles. The first-order valence-electron chi connectivity index (χ1n) is 11.3. The molecule has 4 rings (SSSR count). The van der Waals surface area contributed by atoms with Crippen LogP contribution in [0, 0.1) is 5.92 Å². The Hall–Kier alpha value is -3.30. The Morgan fingerprint density at radius 2 is 1.88 bits per heavy atom. The Kier molecular flexibility index (Phi) is 7.23. The lowest BCUT2D eigenvalue weighted by atomic mass is 10.0. The quantitative estimate of drug-likeness (QED) is 0.713. The first-order chi connectivity index (χ1) is 16.4. The number of methoxy groups -OCH3 is 1. The average Bonchev–Trinajstić information content (AvgIpc) is 3.31. The smallest absolute Gasteiger partial charge is 0.257 e. The van der Waals surface area contributed by atoms with Crippen molar-refractivity contribution in [2.45, 2.75) is 26.0 Å². The van der Waals surface area contributed by atoms with Gasteiger partial charge in [-0.05, 0) is 43.2 Å². The van der Waals surface area contributed by atoms with E-state index in [1.165, 1.54) is 0 Å². The van der Waals surface area contributed by atoms with Crippen molar-refractivity contribution >= 4 is 17.5 Å². The van der Waals surface area contributed by atoms with E-state index in [9.17, 15) is 9.59 Å². The summed E-state index contributed by atoms with van der Waals surface area (Å²) < 4.78 is 22.3. The molecule has 2 heterocycles. The molecule has 0 unspecified atom stereocenters. The van der Waals surface area contributed by atoms with Crippen molar-refractivity contribution in [3.63, 3.8) is 0 Å². The monoisotopic (exact) mass is 469 g/mol. The topological polar surface area (TPSA) is 98.4 Å². The summed E-state index contributed by atoms with van der Waals surface area (Å²) in [6, 6.07) is 10.1. The zero-order chi connectivity index (χ0) is 24.2. The lowest BCUT2D eigenvalue weighted by Crippen LogP contribution is -2.44. The van der Waals surface area contributed by atoms with Crippen LogP contribution in [0.25, 0.3) is 0 Å². The Bertz CT molecular complexity index is 1060. The van der Waals surface area contributed by atoms with Crippen LogP contribution in [0.5, 0.6) is 17.2 Å². The molecule has 2 aliphatic rings. The fourth-order valence-electron chi connectivity index (χ4n) is 3.97. The number of carbonyl (C=O) groups is 2. The fraction of sp³-hybridized carbons (Fsp3) is 0.440. The van der Waals surface area contributed by atoms with Gasteiger partial charge < -0.3 is 34.5 Å². The van der Waals surface area contributed by atoms with Crippen molar-refractivity contribution in [2.24, 2.45) is 5.92 Å². The van der Waals surface area contributed by atoms with Crippen molar-refractivity contribution < 1.29 is 28.5 Å². The highest BCUT2D eigenvalue weighted by Crippen LogP contribution is 2.33. The van der Waals surface area contributed by atoms with Crippen LogP contribution in [0.3, 0.4) is 0 Å². The van der Waals surface area contributed by atoms with Crippen LogP contribution < -0.4 is 24.8 Å². The van der Waals surface area contributed by atoms with Gasteiger partial charge in [-0.1, -0.05) is 6.92 Å². The lowest BCUT2D eigenvalue weighted by Gasteiger charge is -2.30. The van der Waals surface area contributed by atoms with E-state index in [-0.39, 0.29) is 36.7 Å². The van der Waals surface area contributed by atoms with Crippen molar-refractivity contribution in [1.29, 1.82) is 0 Å². The fourth-order valence-corrected chi connectivity index (χ4v) is 3.97. The molecule has 2 N–H and O–H groups in total. The van der Waals surface area contributed by atoms with E-state index in [0.29, 0.717) is 47.2 Å². The molecule has 0 saturated carbocycles. The van der Waals surface area contributed by atoms with E-state index in [2.05, 4.69) is 17.6 Å². The summed E-state index contributed by atoms with van der Waals surface area (Å²) in [6.07, 6.45) is -0.0993. The summed E-state index contributed by atoms with van der Waals surface area (Å²) in [5.41, 5.74) is 1.39. The number of nitrogens with zero attached hydrogens (tertiary/aromatic N) is 1. The zero-order valence-corrected chi connectivity index (χ0v) is 19.9. The molecule has 2 aromatic carbocycles. The van der Waals surface area contributed by atoms with Crippen LogP contribution in [0.2, 0.25) is 0 Å². The van der Waals surface area contributed by atoms with Gasteiger partial charge in [0, 0.05) is 50.6 Å². The summed E-state index contributed by atoms with van der Waals surface area (Å²) >= 11 is 0. The van der Waals surface area contributed by atoms with Crippen molar-refractivity contribution in [3.8, 4) is 17.2 Å². The highest BCUT2D eigenvalue weighted by atomic mass is 16.7. The number of anilines is 1. The highest BCUT2D eigenvalue weighted by molar-refractivity contribution is 6.05. The van der Waals surface area contributed by atoms with E-state index in [0.717, 1.165) is 6.54 Å². The molecule has 2 amide bonds. The molecule has 0 spiro atoms. The number of hydrogen-bond donors (Lipinski definition) is 2. The van der Waals surface area contributed by atoms with Crippen molar-refractivity contribution in [1.82, 2.24) is 10.2 Å². The van der Waals surface area contributed by atoms with Crippen molar-refractivity contribution in [3.05, 3.63) is 47.5 Å². The Morgan fingerprint density at radius 3 is 2.68 bits per heavy atom. The first kappa shape index (κ1) is 23.8. The number of benzene rings is 2. The number of rotatable bonds is 3. The third kappa shape index (κ3) is 5.26. The van der Waals surface area contributed by atoms with Crippen LogP contribution >= 0.6 is 0 Å². The van der Waals surface area contributed by atoms with Gasteiger partial charge in [-0.2, -0.15) is 0 Å². The third-order valence-electron chi connectivity index (χ3n) is 6.12. The molecule has 182 valence electrons. The summed E-state index contributed by atoms with van der Waals surface area (Å²) in [5.74, 6) is 1.31. The number of hydrogen-bond acceptors (Lipinski definition) is 7. The van der Waals surface area contributed by atoms with Gasteiger partial charge in [-0.3, -0.25) is 9.59 Å². The molecule has 2 aliphatic heterocycles. The summed E-state index contributed by atoms with van der Waals surface area (Å²) in [7, 11) is 3.42. The number of ether oxygens (including phenoxy) is 4. The van der Waals surface area contributed by atoms with E-state index >= 15 is 0 Å². The maximum absolute atomic E-state index is 13.2. The second kappa shape index (κ2) is 10.3. The molecular weight excluding hydrogens is 438 g/mol. The number of nitrogens with one attached hydrogen (secondary N) is 2. The van der Waals surface area contributed by atoms with Crippen LogP contribution in [-0.2, 0) is 4.74 Å². The van der Waals surface area contributed by atoms with E-state index in [4.69, 9.17) is 18.9 Å². The zero-order valence-electron chi connectivity index (χ0n) is 19.9. The van der Waals surface area contributed by atoms with E-state index in [1.54, 1.807) is 55.5 Å². The van der Waals surface area contributed by atoms with Gasteiger partial charge in [0.15, 0.2) is 11.5 Å². The number of likely N-dealkylation sites (N-methyl/N-ethyl adjacent to an activating group) is 1. The van der Waals surface area contributed by atoms with Crippen LogP contribution in [0.1, 0.15) is 34.6 Å². The Morgan fingerprint density at radius 1 is 1.09 bits per heavy atom. The second-order valence-electron chi connectivity index (χ2n) is 8.79. The van der Waals surface area contributed by atoms with Gasteiger partial charge in [0.05, 0.1) is 11.7 Å². The minimum atomic E-state index is -0.304. The molecular formula is C25H31N3O6. The molecule has 0 radical (unpaired) electrons. The Labute approximate surface area is 199 Å². The lowest BCUT2D eigenvalue weighted by molar-refractivity contribution is 0.0281. The highest BCUT2D eigenvalue weighted by Gasteiger charge is 2.26. The third-order valence-corrected chi connectivity index (χ3v) is 6.12. The summed E-state index contributed by atoms with van der Waals surface area (Å²) in [4.78, 5) is 27.7. The van der Waals surface area contributed by atoms with Gasteiger partial charge in [-0.25, -0.2) is 0 Å². The van der Waals surface area contributed by atoms with Gasteiger partial charge in [0.2, 0.25) is 6.79 Å². The molecule has 34 heavy (non-hydrogen) atoms. The van der Waals surface area contributed by atoms with Crippen LogP contribution in [0.4, 0.5) is 5.69 Å². The predicted octanol–water partition coefficient (Wildman–Crippen LogP) is 2.76. The van der Waals surface area contributed by atoms with Gasteiger partial charge >= 0.3 is 0 Å². The van der Waals surface area contributed by atoms with Crippen LogP contribution in [0.15, 0.2) is 36.4 Å². The minimum absolute atomic E-state index is 0.0620. The number of amides is 2. The van der Waals surface area contributed by atoms with Gasteiger partial charge in [0.25, 0.3) is 11.8 Å². The molecule has 2 aromatic rings. The van der Waals surface area contributed by atoms with E-state index in [1.807, 2.05) is 6.92 Å². The molecule has 0 fully saturated rings. The summed E-state index contributed by atoms with van der Waals surface area (Å²) in [5, 5.41) is 6.33. The average molecular weight is 470 g/mol. The minimum Gasteiger partial charge on any atom is -0.491 e. The summed E-state index contributed by atoms with van der Waals surface area (Å²) in [6.45, 7) is 5.83. The first-order valence-corrected chi connectivity index (χ1v) is 11.3. The van der Waals surface area contributed by atoms with Crippen molar-refractivity contribution in [2.75, 3.05) is 46.0 Å². The molecule has 0 aliphatic carbocycles. The number of fused-ring (bicyclic) bond motifs is 2. The largest absolute Gasteiger partial charge is 0.491 e. The molecule has 3 atom stereocenters. The Balaban J connectivity index is 1.57. The van der Waals surface area contributed by atoms with Gasteiger partial charge in [-0.15, -0.1) is 0 Å². The molecule has 9 heteroatoms. The normalized spacial score (nSPS) is 22.8. The molecule has 0 bridgehead atoms. The molecule has 9 nitrogen and oxygen atoms in total. The standard InChI is InChI=1S/C25H31N3O6/c1-15-11-26-16(2)13-32-21-10-18(6-7-19(21)25(30)28(3)12-23(15)31-4)27-24(29)17-5-8-20-22(9-17)34-14-33-20/h5-10,15-16,23,26H,11-14H2,1-4H3,(H,27,29)/t15-,16+,23+/m0/s1. The molecule has 0 aromatic heterocycles. The predicted molar refractivity (Wildman–Crippen MR) is 127 cm³/mol. The maximum atomic E-state index is 13.2.